The van der Waals surface area contributed by atoms with E-state index in [1.807, 2.05) is 18.2 Å². The van der Waals surface area contributed by atoms with Crippen molar-refractivity contribution in [3.8, 4) is 0 Å². The number of rotatable bonds is 6. The molecule has 4 rings (SSSR count). The van der Waals surface area contributed by atoms with Crippen molar-refractivity contribution in [3.63, 3.8) is 0 Å². The maximum atomic E-state index is 12.3. The molecule has 2 heteroatoms. The highest BCUT2D eigenvalue weighted by molar-refractivity contribution is 7.94. The molecule has 0 aliphatic heterocycles. The van der Waals surface area contributed by atoms with E-state index in [2.05, 4.69) is 110 Å². The molecule has 0 saturated heterocycles. The number of hydrogen-bond donors (Lipinski definition) is 0. The molecule has 0 saturated carbocycles. The Kier molecular flexibility index (Phi) is 6.12. The van der Waals surface area contributed by atoms with Gasteiger partial charge in [0, 0.05) is 0 Å². The van der Waals surface area contributed by atoms with Gasteiger partial charge >= 0.3 is 0 Å². The van der Waals surface area contributed by atoms with Gasteiger partial charge in [-0.2, -0.15) is 0 Å². The van der Waals surface area contributed by atoms with E-state index in [1.54, 1.807) is 0 Å². The third kappa shape index (κ3) is 3.95. The van der Waals surface area contributed by atoms with E-state index in [0.29, 0.717) is 0 Å². The zero-order valence-electron chi connectivity index (χ0n) is 17.1. The summed E-state index contributed by atoms with van der Waals surface area (Å²) < 4.78 is 0. The molecule has 4 aromatic rings. The van der Waals surface area contributed by atoms with Gasteiger partial charge < -0.3 is 4.79 Å². The molecule has 148 valence electrons. The van der Waals surface area contributed by atoms with Gasteiger partial charge in [0.2, 0.25) is 0 Å². The lowest BCUT2D eigenvalue weighted by atomic mass is 10.0. The van der Waals surface area contributed by atoms with Crippen molar-refractivity contribution in [1.29, 1.82) is 0 Å². The van der Waals surface area contributed by atoms with Gasteiger partial charge in [0.25, 0.3) is 0 Å². The van der Waals surface area contributed by atoms with Crippen molar-refractivity contribution >= 4 is 34.9 Å². The fourth-order valence-corrected chi connectivity index (χ4v) is 7.99. The van der Waals surface area contributed by atoms with Crippen LogP contribution in [0.25, 0.3) is 0 Å². The van der Waals surface area contributed by atoms with Crippen molar-refractivity contribution in [3.05, 3.63) is 126 Å². The molecule has 1 unspecified atom stereocenters. The zero-order chi connectivity index (χ0) is 20.8. The first-order chi connectivity index (χ1) is 14.7. The fourth-order valence-electron chi connectivity index (χ4n) is 3.92. The van der Waals surface area contributed by atoms with Crippen LogP contribution in [0.4, 0.5) is 0 Å². The van der Waals surface area contributed by atoms with Gasteiger partial charge in [-0.1, -0.05) is 127 Å². The predicted molar refractivity (Wildman–Crippen MR) is 131 cm³/mol. The van der Waals surface area contributed by atoms with Gasteiger partial charge in [-0.25, -0.2) is 0 Å². The van der Waals surface area contributed by atoms with Crippen LogP contribution < -0.4 is 15.9 Å². The molecule has 1 nitrogen and oxygen atoms in total. The summed E-state index contributed by atoms with van der Waals surface area (Å²) in [6.45, 7) is -0.0914. The summed E-state index contributed by atoms with van der Waals surface area (Å²) in [5, 5.41) is 3.75. The zero-order valence-corrected chi connectivity index (χ0v) is 18.0. The molecule has 0 aromatic heterocycles. The maximum absolute atomic E-state index is 12.3. The lowest BCUT2D eigenvalue weighted by Gasteiger charge is -2.30. The third-order valence-corrected chi connectivity index (χ3v) is 9.59. The first-order valence-electron chi connectivity index (χ1n) is 10.2. The molecular formula is C28H25OP. The molecule has 0 fully saturated rings. The van der Waals surface area contributed by atoms with E-state index in [4.69, 9.17) is 0 Å². The molecule has 0 heterocycles. The van der Waals surface area contributed by atoms with Crippen LogP contribution in [0.2, 0.25) is 0 Å². The topological polar surface area (TPSA) is 17.1 Å². The molecule has 30 heavy (non-hydrogen) atoms. The highest BCUT2D eigenvalue weighted by atomic mass is 31.2. The van der Waals surface area contributed by atoms with Crippen molar-refractivity contribution in [1.82, 2.24) is 0 Å². The van der Waals surface area contributed by atoms with E-state index >= 15 is 0 Å². The standard InChI is InChI=1S/C28H25OP/c1-23-17-19-24(20-18-23)25(21-29)22-30(26-11-5-2-6-12-26,27-13-7-3-8-14-27)28-15-9-4-10-16-28/h2-22,25H,1H3. The quantitative estimate of drug-likeness (QED) is 0.321. The third-order valence-electron chi connectivity index (χ3n) is 5.48. The van der Waals surface area contributed by atoms with Crippen LogP contribution in [-0.2, 0) is 4.79 Å². The van der Waals surface area contributed by atoms with Crippen molar-refractivity contribution in [2.75, 3.05) is 0 Å². The van der Waals surface area contributed by atoms with Crippen LogP contribution in [0.3, 0.4) is 0 Å². The lowest BCUT2D eigenvalue weighted by molar-refractivity contribution is -0.107. The van der Waals surface area contributed by atoms with E-state index in [1.165, 1.54) is 21.5 Å². The number of aryl methyl sites for hydroxylation is 1. The van der Waals surface area contributed by atoms with E-state index in [-0.39, 0.29) is 5.92 Å². The highest BCUT2D eigenvalue weighted by Crippen LogP contribution is 2.45. The Bertz CT molecular complexity index is 1040. The number of carbonyl (C=O) groups excluding carboxylic acids is 1. The first kappa shape index (κ1) is 20.1. The van der Waals surface area contributed by atoms with Gasteiger partial charge in [-0.3, -0.25) is 0 Å². The molecule has 0 amide bonds. The van der Waals surface area contributed by atoms with Crippen molar-refractivity contribution < 1.29 is 4.79 Å². The Morgan fingerprint density at radius 1 is 0.600 bits per heavy atom. The van der Waals surface area contributed by atoms with E-state index < -0.39 is 6.89 Å². The molecule has 0 N–H and O–H groups in total. The number of benzene rings is 4. The summed E-state index contributed by atoms with van der Waals surface area (Å²) in [5.74, 6) is 2.02. The minimum Gasteiger partial charge on any atom is -0.302 e. The minimum absolute atomic E-state index is 0.292. The normalized spacial score (nSPS) is 12.2. The molecule has 1 atom stereocenters. The second kappa shape index (κ2) is 9.11. The number of hydrogen-bond acceptors (Lipinski definition) is 1. The van der Waals surface area contributed by atoms with Gasteiger partial charge in [0.05, 0.1) is 5.92 Å². The average molecular weight is 408 g/mol. The molecule has 0 aliphatic carbocycles. The van der Waals surface area contributed by atoms with Crippen LogP contribution in [0.5, 0.6) is 0 Å². The van der Waals surface area contributed by atoms with Crippen LogP contribution in [0.15, 0.2) is 115 Å². The Morgan fingerprint density at radius 2 is 1.00 bits per heavy atom. The highest BCUT2D eigenvalue weighted by Gasteiger charge is 2.27. The summed E-state index contributed by atoms with van der Waals surface area (Å²) in [4.78, 5) is 12.3. The second-order valence-electron chi connectivity index (χ2n) is 7.45. The second-order valence-corrected chi connectivity index (χ2v) is 10.7. The Labute approximate surface area is 179 Å². The van der Waals surface area contributed by atoms with E-state index in [9.17, 15) is 4.79 Å². The van der Waals surface area contributed by atoms with Gasteiger partial charge in [-0.15, -0.1) is 0 Å². The van der Waals surface area contributed by atoms with Crippen LogP contribution in [0, 0.1) is 6.92 Å². The van der Waals surface area contributed by atoms with Crippen molar-refractivity contribution in [2.45, 2.75) is 12.8 Å². The SMILES string of the molecule is Cc1ccc(C(C=O)C=P(c2ccccc2)(c2ccccc2)c2ccccc2)cc1. The fraction of sp³-hybridized carbons (Fsp3) is 0.0714. The summed E-state index contributed by atoms with van der Waals surface area (Å²) in [7, 11) is 0. The molecule has 0 radical (unpaired) electrons. The van der Waals surface area contributed by atoms with Crippen LogP contribution in [-0.4, -0.2) is 12.1 Å². The lowest BCUT2D eigenvalue weighted by Crippen LogP contribution is -2.28. The average Bonchev–Trinajstić information content (AvgIpc) is 2.83. The molecule has 0 aliphatic rings. The Hall–Kier alpha value is -3.15. The predicted octanol–water partition coefficient (Wildman–Crippen LogP) is 5.07. The summed E-state index contributed by atoms with van der Waals surface area (Å²) in [5.41, 5.74) is 2.22. The molecular weight excluding hydrogens is 383 g/mol. The summed E-state index contributed by atoms with van der Waals surface area (Å²) >= 11 is 0. The molecule has 0 spiro atoms. The maximum Gasteiger partial charge on any atom is 0.131 e. The number of carbonyl (C=O) groups is 1. The van der Waals surface area contributed by atoms with Crippen LogP contribution in [0.1, 0.15) is 17.0 Å². The summed E-state index contributed by atoms with van der Waals surface area (Å²) in [6.07, 6.45) is 1.08. The van der Waals surface area contributed by atoms with Gasteiger partial charge in [0.1, 0.15) is 6.29 Å². The Balaban J connectivity index is 2.07. The van der Waals surface area contributed by atoms with Gasteiger partial charge in [0.15, 0.2) is 0 Å². The summed E-state index contributed by atoms with van der Waals surface area (Å²) in [6, 6.07) is 40.1. The molecule has 4 aromatic carbocycles. The van der Waals surface area contributed by atoms with Crippen molar-refractivity contribution in [2.24, 2.45) is 0 Å². The monoisotopic (exact) mass is 408 g/mol. The number of aldehydes is 1. The first-order valence-corrected chi connectivity index (χ1v) is 12.0. The van der Waals surface area contributed by atoms with Gasteiger partial charge in [-0.05, 0) is 35.3 Å². The largest absolute Gasteiger partial charge is 0.302 e. The Morgan fingerprint density at radius 3 is 1.37 bits per heavy atom. The van der Waals surface area contributed by atoms with E-state index in [0.717, 1.165) is 11.8 Å². The smallest absolute Gasteiger partial charge is 0.131 e. The minimum atomic E-state index is -2.16. The molecule has 0 bridgehead atoms. The van der Waals surface area contributed by atoms with Crippen LogP contribution >= 0.6 is 6.89 Å².